The summed E-state index contributed by atoms with van der Waals surface area (Å²) in [4.78, 5) is 20.6. The Balaban J connectivity index is 1.80. The Morgan fingerprint density at radius 1 is 1.17 bits per heavy atom. The maximum atomic E-state index is 13.5. The van der Waals surface area contributed by atoms with Gasteiger partial charge in [-0.2, -0.15) is 0 Å². The Bertz CT molecular complexity index is 1100. The number of hydrogen-bond acceptors (Lipinski definition) is 5. The number of imidazole rings is 1. The number of aromatic nitrogens is 2. The highest BCUT2D eigenvalue weighted by Crippen LogP contribution is 2.39. The predicted molar refractivity (Wildman–Crippen MR) is 142 cm³/mol. The van der Waals surface area contributed by atoms with Gasteiger partial charge < -0.3 is 24.3 Å². The van der Waals surface area contributed by atoms with Crippen LogP contribution in [0.2, 0.25) is 0 Å². The molecule has 1 N–H and O–H groups in total. The molecule has 1 saturated heterocycles. The highest BCUT2D eigenvalue weighted by molar-refractivity contribution is 5.78. The first-order valence-electron chi connectivity index (χ1n) is 12.6. The Labute approximate surface area is 214 Å². The summed E-state index contributed by atoms with van der Waals surface area (Å²) in [6.45, 7) is 9.80. The second-order valence-corrected chi connectivity index (χ2v) is 10.4. The van der Waals surface area contributed by atoms with Gasteiger partial charge in [0.2, 0.25) is 5.91 Å². The van der Waals surface area contributed by atoms with Gasteiger partial charge in [0, 0.05) is 45.0 Å². The zero-order chi connectivity index (χ0) is 25.5. The molecule has 0 unspecified atom stereocenters. The molecular formula is C29H38N4O3. The Hall–Kier alpha value is -3.00. The number of rotatable bonds is 9. The van der Waals surface area contributed by atoms with E-state index in [4.69, 9.17) is 14.5 Å². The van der Waals surface area contributed by atoms with E-state index in [-0.39, 0.29) is 30.1 Å². The third kappa shape index (κ3) is 6.40. The van der Waals surface area contributed by atoms with Gasteiger partial charge in [0.25, 0.3) is 0 Å². The van der Waals surface area contributed by atoms with Crippen molar-refractivity contribution in [1.29, 1.82) is 0 Å². The Kier molecular flexibility index (Phi) is 8.56. The van der Waals surface area contributed by atoms with E-state index in [2.05, 4.69) is 61.1 Å². The molecule has 1 amide bonds. The van der Waals surface area contributed by atoms with E-state index in [1.54, 1.807) is 7.11 Å². The van der Waals surface area contributed by atoms with E-state index in [1.165, 1.54) is 5.56 Å². The van der Waals surface area contributed by atoms with E-state index in [0.717, 1.165) is 23.6 Å². The van der Waals surface area contributed by atoms with Crippen LogP contribution in [0.4, 0.5) is 0 Å². The second-order valence-electron chi connectivity index (χ2n) is 10.4. The molecule has 0 radical (unpaired) electrons. The first kappa shape index (κ1) is 26.1. The molecule has 0 aliphatic carbocycles. The van der Waals surface area contributed by atoms with Gasteiger partial charge in [-0.05, 0) is 11.0 Å². The number of nitrogens with zero attached hydrogens (tertiary/aromatic N) is 3. The van der Waals surface area contributed by atoms with Gasteiger partial charge in [0.1, 0.15) is 12.4 Å². The fraction of sp³-hybridized carbons (Fsp3) is 0.448. The average Bonchev–Trinajstić information content (AvgIpc) is 3.27. The van der Waals surface area contributed by atoms with Gasteiger partial charge in [-0.3, -0.25) is 4.79 Å². The average molecular weight is 491 g/mol. The second kappa shape index (κ2) is 11.8. The van der Waals surface area contributed by atoms with Gasteiger partial charge in [-0.25, -0.2) is 4.98 Å². The summed E-state index contributed by atoms with van der Waals surface area (Å²) in [5.74, 6) is 0.792. The normalized spacial score (nSPS) is 17.1. The van der Waals surface area contributed by atoms with Crippen LogP contribution in [0.25, 0.3) is 11.3 Å². The van der Waals surface area contributed by atoms with Crippen LogP contribution in [0.3, 0.4) is 0 Å². The van der Waals surface area contributed by atoms with E-state index < -0.39 is 0 Å². The predicted octanol–water partition coefficient (Wildman–Crippen LogP) is 4.15. The minimum Gasteiger partial charge on any atom is -0.375 e. The van der Waals surface area contributed by atoms with Crippen molar-refractivity contribution in [2.45, 2.75) is 39.5 Å². The molecule has 2 heterocycles. The Morgan fingerprint density at radius 3 is 2.47 bits per heavy atom. The van der Waals surface area contributed by atoms with Crippen LogP contribution in [0.1, 0.15) is 38.2 Å². The summed E-state index contributed by atoms with van der Waals surface area (Å²) in [6, 6.07) is 20.3. The van der Waals surface area contributed by atoms with Crippen molar-refractivity contribution in [3.05, 3.63) is 78.2 Å². The minimum atomic E-state index is -0.292. The molecule has 7 heteroatoms. The van der Waals surface area contributed by atoms with Crippen LogP contribution in [0, 0.1) is 5.41 Å². The number of ether oxygens (including phenoxy) is 2. The molecule has 2 aromatic carbocycles. The number of hydrogen-bond donors (Lipinski definition) is 1. The van der Waals surface area contributed by atoms with Crippen molar-refractivity contribution >= 4 is 5.91 Å². The third-order valence-corrected chi connectivity index (χ3v) is 6.44. The molecule has 2 atom stereocenters. The highest BCUT2D eigenvalue weighted by Gasteiger charge is 2.39. The van der Waals surface area contributed by atoms with Crippen molar-refractivity contribution in [3.63, 3.8) is 0 Å². The summed E-state index contributed by atoms with van der Waals surface area (Å²) in [6.07, 6.45) is 2.02. The molecular weight excluding hydrogens is 452 g/mol. The molecule has 1 aliphatic heterocycles. The van der Waals surface area contributed by atoms with Crippen LogP contribution in [-0.4, -0.2) is 66.4 Å². The number of nitrogens with one attached hydrogen (secondary N) is 1. The van der Waals surface area contributed by atoms with Crippen LogP contribution in [0.15, 0.2) is 66.9 Å². The number of carbonyl (C=O) groups is 1. The van der Waals surface area contributed by atoms with Gasteiger partial charge in [-0.1, -0.05) is 81.4 Å². The zero-order valence-corrected chi connectivity index (χ0v) is 21.8. The maximum Gasteiger partial charge on any atom is 0.249 e. The summed E-state index contributed by atoms with van der Waals surface area (Å²) < 4.78 is 13.5. The smallest absolute Gasteiger partial charge is 0.249 e. The van der Waals surface area contributed by atoms with Gasteiger partial charge in [0.15, 0.2) is 0 Å². The van der Waals surface area contributed by atoms with Crippen LogP contribution in [-0.2, 0) is 20.8 Å². The molecule has 0 saturated carbocycles. The first-order valence-corrected chi connectivity index (χ1v) is 12.6. The fourth-order valence-electron chi connectivity index (χ4n) is 4.81. The number of amides is 1. The lowest BCUT2D eigenvalue weighted by molar-refractivity contribution is -0.144. The lowest BCUT2D eigenvalue weighted by Crippen LogP contribution is -2.51. The molecule has 1 aromatic heterocycles. The Morgan fingerprint density at radius 2 is 1.86 bits per heavy atom. The molecule has 36 heavy (non-hydrogen) atoms. The molecule has 3 aromatic rings. The maximum absolute atomic E-state index is 13.5. The first-order chi connectivity index (χ1) is 17.4. The SMILES string of the molecule is COCC(=O)N(C[C@@H]1CNCCO1)[C@@H](c1nc(-c2ccccc2)cn1Cc1ccccc1)C(C)(C)C. The zero-order valence-electron chi connectivity index (χ0n) is 21.8. The molecule has 0 spiro atoms. The van der Waals surface area contributed by atoms with E-state index >= 15 is 0 Å². The van der Waals surface area contributed by atoms with Gasteiger partial charge in [-0.15, -0.1) is 0 Å². The lowest BCUT2D eigenvalue weighted by Gasteiger charge is -2.42. The number of carbonyl (C=O) groups excluding carboxylic acids is 1. The van der Waals surface area contributed by atoms with Crippen molar-refractivity contribution in [2.24, 2.45) is 5.41 Å². The summed E-state index contributed by atoms with van der Waals surface area (Å²) in [5, 5.41) is 3.38. The van der Waals surface area contributed by atoms with Crippen LogP contribution >= 0.6 is 0 Å². The molecule has 1 fully saturated rings. The topological polar surface area (TPSA) is 68.6 Å². The van der Waals surface area contributed by atoms with E-state index in [1.807, 2.05) is 41.3 Å². The monoisotopic (exact) mass is 490 g/mol. The van der Waals surface area contributed by atoms with Crippen molar-refractivity contribution in [2.75, 3.05) is 40.0 Å². The fourth-order valence-corrected chi connectivity index (χ4v) is 4.81. The van der Waals surface area contributed by atoms with Crippen molar-refractivity contribution in [3.8, 4) is 11.3 Å². The lowest BCUT2D eigenvalue weighted by atomic mass is 9.84. The van der Waals surface area contributed by atoms with E-state index in [9.17, 15) is 4.79 Å². The van der Waals surface area contributed by atoms with E-state index in [0.29, 0.717) is 26.2 Å². The molecule has 1 aliphatic rings. The molecule has 4 rings (SSSR count). The van der Waals surface area contributed by atoms with Crippen LogP contribution in [0.5, 0.6) is 0 Å². The molecule has 192 valence electrons. The molecule has 0 bridgehead atoms. The van der Waals surface area contributed by atoms with Gasteiger partial charge >= 0.3 is 0 Å². The summed E-state index contributed by atoms with van der Waals surface area (Å²) >= 11 is 0. The third-order valence-electron chi connectivity index (χ3n) is 6.44. The molecule has 7 nitrogen and oxygen atoms in total. The van der Waals surface area contributed by atoms with Crippen molar-refractivity contribution < 1.29 is 14.3 Å². The minimum absolute atomic E-state index is 0.0116. The quantitative estimate of drug-likeness (QED) is 0.488. The summed E-state index contributed by atoms with van der Waals surface area (Å²) in [7, 11) is 1.56. The number of morpholine rings is 1. The van der Waals surface area contributed by atoms with Crippen LogP contribution < -0.4 is 5.32 Å². The number of methoxy groups -OCH3 is 1. The number of benzene rings is 2. The van der Waals surface area contributed by atoms with Crippen molar-refractivity contribution in [1.82, 2.24) is 19.8 Å². The van der Waals surface area contributed by atoms with Gasteiger partial charge in [0.05, 0.1) is 24.4 Å². The summed E-state index contributed by atoms with van der Waals surface area (Å²) in [5.41, 5.74) is 2.83. The highest BCUT2D eigenvalue weighted by atomic mass is 16.5. The standard InChI is InChI=1S/C29H38N4O3/c1-29(2,3)27(33(26(34)21-35-4)19-24-17-30-15-16-36-24)28-31-25(23-13-9-6-10-14-23)20-32(28)18-22-11-7-5-8-12-22/h5-14,20,24,27,30H,15-19,21H2,1-4H3/t24-,27-/m0/s1. The largest absolute Gasteiger partial charge is 0.375 e.